The van der Waals surface area contributed by atoms with E-state index in [4.69, 9.17) is 0 Å². The summed E-state index contributed by atoms with van der Waals surface area (Å²) < 4.78 is 84.8. The van der Waals surface area contributed by atoms with Crippen LogP contribution in [-0.4, -0.2) is 6.36 Å². The fourth-order valence-electron chi connectivity index (χ4n) is 6.45. The van der Waals surface area contributed by atoms with Crippen molar-refractivity contribution in [1.82, 2.24) is 0 Å². The number of hydrogen-bond donors (Lipinski definition) is 0. The summed E-state index contributed by atoms with van der Waals surface area (Å²) in [5.74, 6) is -3.65. The van der Waals surface area contributed by atoms with Gasteiger partial charge in [0.15, 0.2) is 11.6 Å². The highest BCUT2D eigenvalue weighted by Crippen LogP contribution is 2.49. The lowest BCUT2D eigenvalue weighted by Gasteiger charge is -2.42. The summed E-state index contributed by atoms with van der Waals surface area (Å²) in [6.45, 7) is 2.23. The molecule has 0 aliphatic heterocycles. The lowest BCUT2D eigenvalue weighted by Crippen LogP contribution is -2.30. The minimum atomic E-state index is -5.28. The van der Waals surface area contributed by atoms with Gasteiger partial charge in [0.2, 0.25) is 5.75 Å². The standard InChI is InChI=1S/C28H34F6O/c1-2-3-4-5-6-7-17-8-9-19-13-20(11-10-18(19)12-17)21-14-22-16-24(30)27(35-28(32,33)34)26(31)25(22)23(29)15-21/h14-20H,2-13H2,1H3/t17-,18?,19-,20?/m1/s1. The van der Waals surface area contributed by atoms with E-state index in [2.05, 4.69) is 11.7 Å². The number of benzene rings is 2. The van der Waals surface area contributed by atoms with Crippen LogP contribution in [0, 0.1) is 35.2 Å². The molecular formula is C28H34F6O. The Bertz CT molecular complexity index is 1020. The quantitative estimate of drug-likeness (QED) is 0.259. The number of halogens is 6. The van der Waals surface area contributed by atoms with Gasteiger partial charge in [-0.2, -0.15) is 0 Å². The average molecular weight is 501 g/mol. The molecule has 2 fully saturated rings. The highest BCUT2D eigenvalue weighted by atomic mass is 19.4. The van der Waals surface area contributed by atoms with Gasteiger partial charge in [-0.3, -0.25) is 0 Å². The smallest absolute Gasteiger partial charge is 0.399 e. The van der Waals surface area contributed by atoms with E-state index >= 15 is 0 Å². The summed E-state index contributed by atoms with van der Waals surface area (Å²) in [6.07, 6.45) is 9.06. The van der Waals surface area contributed by atoms with Crippen molar-refractivity contribution in [2.45, 2.75) is 96.3 Å². The molecule has 0 aromatic heterocycles. The van der Waals surface area contributed by atoms with E-state index in [1.807, 2.05) is 0 Å². The van der Waals surface area contributed by atoms with Gasteiger partial charge in [0.1, 0.15) is 5.82 Å². The Hall–Kier alpha value is -1.92. The summed E-state index contributed by atoms with van der Waals surface area (Å²) in [5, 5.41) is -0.763. The molecule has 0 saturated heterocycles. The Balaban J connectivity index is 1.43. The van der Waals surface area contributed by atoms with Gasteiger partial charge in [0.05, 0.1) is 5.39 Å². The van der Waals surface area contributed by atoms with Crippen molar-refractivity contribution < 1.29 is 31.1 Å². The summed E-state index contributed by atoms with van der Waals surface area (Å²) in [6, 6.07) is 3.45. The molecule has 1 nitrogen and oxygen atoms in total. The molecule has 0 N–H and O–H groups in total. The monoisotopic (exact) mass is 500 g/mol. The second kappa shape index (κ2) is 11.0. The first-order chi connectivity index (χ1) is 16.7. The van der Waals surface area contributed by atoms with Gasteiger partial charge in [0.25, 0.3) is 0 Å². The molecule has 194 valence electrons. The van der Waals surface area contributed by atoms with E-state index in [9.17, 15) is 26.3 Å². The van der Waals surface area contributed by atoms with Crippen molar-refractivity contribution >= 4 is 10.8 Å². The van der Waals surface area contributed by atoms with Crippen LogP contribution in [0.25, 0.3) is 10.8 Å². The topological polar surface area (TPSA) is 9.23 Å². The van der Waals surface area contributed by atoms with Crippen molar-refractivity contribution in [3.8, 4) is 5.75 Å². The zero-order valence-corrected chi connectivity index (χ0v) is 20.2. The normalized spacial score (nSPS) is 25.0. The van der Waals surface area contributed by atoms with E-state index in [0.717, 1.165) is 37.7 Å². The molecule has 0 heterocycles. The van der Waals surface area contributed by atoms with Gasteiger partial charge < -0.3 is 4.74 Å². The van der Waals surface area contributed by atoms with Crippen LogP contribution >= 0.6 is 0 Å². The summed E-state index contributed by atoms with van der Waals surface area (Å²) in [5.41, 5.74) is 0.662. The summed E-state index contributed by atoms with van der Waals surface area (Å²) in [7, 11) is 0. The van der Waals surface area contributed by atoms with E-state index in [-0.39, 0.29) is 11.3 Å². The third-order valence-electron chi connectivity index (χ3n) is 8.19. The Labute approximate surface area is 203 Å². The largest absolute Gasteiger partial charge is 0.573 e. The van der Waals surface area contributed by atoms with Gasteiger partial charge >= 0.3 is 6.36 Å². The van der Waals surface area contributed by atoms with Crippen LogP contribution in [0.4, 0.5) is 26.3 Å². The molecule has 2 aromatic carbocycles. The molecule has 2 aliphatic rings. The fourth-order valence-corrected chi connectivity index (χ4v) is 6.45. The second-order valence-corrected chi connectivity index (χ2v) is 10.6. The molecule has 0 bridgehead atoms. The van der Waals surface area contributed by atoms with Crippen molar-refractivity contribution in [2.75, 3.05) is 0 Å². The molecule has 2 unspecified atom stereocenters. The Morgan fingerprint density at radius 3 is 2.29 bits per heavy atom. The number of ether oxygens (including phenoxy) is 1. The predicted molar refractivity (Wildman–Crippen MR) is 125 cm³/mol. The SMILES string of the molecule is CCCCCCC[C@@H]1CC[C@@H]2CC(c3cc(F)c4c(F)c(OC(F)(F)F)c(F)cc4c3)CCC2C1. The molecule has 0 radical (unpaired) electrons. The van der Waals surface area contributed by atoms with Gasteiger partial charge in [-0.25, -0.2) is 13.2 Å². The van der Waals surface area contributed by atoms with Gasteiger partial charge in [-0.1, -0.05) is 57.9 Å². The van der Waals surface area contributed by atoms with Crippen molar-refractivity contribution in [2.24, 2.45) is 17.8 Å². The number of rotatable bonds is 8. The Morgan fingerprint density at radius 2 is 1.54 bits per heavy atom. The highest BCUT2D eigenvalue weighted by Gasteiger charge is 2.37. The van der Waals surface area contributed by atoms with E-state index in [1.54, 1.807) is 0 Å². The van der Waals surface area contributed by atoms with E-state index in [0.29, 0.717) is 17.4 Å². The van der Waals surface area contributed by atoms with Crippen LogP contribution < -0.4 is 4.74 Å². The molecule has 4 rings (SSSR count). The lowest BCUT2D eigenvalue weighted by molar-refractivity contribution is -0.276. The number of alkyl halides is 3. The molecule has 0 spiro atoms. The number of unbranched alkanes of at least 4 members (excludes halogenated alkanes) is 4. The molecule has 7 heteroatoms. The first kappa shape index (κ1) is 26.2. The van der Waals surface area contributed by atoms with Gasteiger partial charge in [0, 0.05) is 0 Å². The molecule has 2 aliphatic carbocycles. The van der Waals surface area contributed by atoms with E-state index in [1.165, 1.54) is 63.5 Å². The minimum Gasteiger partial charge on any atom is -0.399 e. The van der Waals surface area contributed by atoms with Crippen LogP contribution in [0.2, 0.25) is 0 Å². The van der Waals surface area contributed by atoms with E-state index < -0.39 is 34.9 Å². The molecule has 0 amide bonds. The Kier molecular flexibility index (Phi) is 8.22. The molecular weight excluding hydrogens is 466 g/mol. The second-order valence-electron chi connectivity index (χ2n) is 10.6. The maximum atomic E-state index is 14.9. The molecule has 2 aromatic rings. The third kappa shape index (κ3) is 6.26. The van der Waals surface area contributed by atoms with Gasteiger partial charge in [-0.15, -0.1) is 13.2 Å². The highest BCUT2D eigenvalue weighted by molar-refractivity contribution is 5.86. The maximum absolute atomic E-state index is 14.9. The molecule has 35 heavy (non-hydrogen) atoms. The van der Waals surface area contributed by atoms with Crippen LogP contribution in [0.1, 0.15) is 95.5 Å². The van der Waals surface area contributed by atoms with Crippen LogP contribution in [0.5, 0.6) is 5.75 Å². The van der Waals surface area contributed by atoms with Crippen LogP contribution in [0.15, 0.2) is 18.2 Å². The zero-order chi connectivity index (χ0) is 25.2. The zero-order valence-electron chi connectivity index (χ0n) is 20.2. The predicted octanol–water partition coefficient (Wildman–Crippen LogP) is 9.82. The number of fused-ring (bicyclic) bond motifs is 2. The van der Waals surface area contributed by atoms with Crippen molar-refractivity contribution in [3.63, 3.8) is 0 Å². The first-order valence-electron chi connectivity index (χ1n) is 13.0. The summed E-state index contributed by atoms with van der Waals surface area (Å²) in [4.78, 5) is 0. The van der Waals surface area contributed by atoms with Gasteiger partial charge in [-0.05, 0) is 78.9 Å². The van der Waals surface area contributed by atoms with Crippen LogP contribution in [-0.2, 0) is 0 Å². The van der Waals surface area contributed by atoms with Crippen molar-refractivity contribution in [1.29, 1.82) is 0 Å². The first-order valence-corrected chi connectivity index (χ1v) is 13.0. The average Bonchev–Trinajstić information content (AvgIpc) is 2.80. The van der Waals surface area contributed by atoms with Crippen molar-refractivity contribution in [3.05, 3.63) is 41.2 Å². The fraction of sp³-hybridized carbons (Fsp3) is 0.643. The molecule has 4 atom stereocenters. The minimum absolute atomic E-state index is 0.0815. The van der Waals surface area contributed by atoms with Crippen LogP contribution in [0.3, 0.4) is 0 Å². The third-order valence-corrected chi connectivity index (χ3v) is 8.19. The molecule has 2 saturated carbocycles. The number of hydrogen-bond acceptors (Lipinski definition) is 1. The lowest BCUT2D eigenvalue weighted by atomic mass is 9.63. The Morgan fingerprint density at radius 1 is 0.829 bits per heavy atom. The maximum Gasteiger partial charge on any atom is 0.573 e. The summed E-state index contributed by atoms with van der Waals surface area (Å²) >= 11 is 0.